The predicted molar refractivity (Wildman–Crippen MR) is 57.0 cm³/mol. The van der Waals surface area contributed by atoms with Crippen molar-refractivity contribution >= 4 is 5.69 Å². The Morgan fingerprint density at radius 3 is 2.23 bits per heavy atom. The molecule has 0 N–H and O–H groups in total. The third kappa shape index (κ3) is 1.43. The molecule has 0 spiro atoms. The summed E-state index contributed by atoms with van der Waals surface area (Å²) in [4.78, 5) is 2.49. The van der Waals surface area contributed by atoms with Crippen LogP contribution in [0.2, 0.25) is 0 Å². The lowest BCUT2D eigenvalue weighted by atomic mass is 10.1. The number of benzene rings is 1. The molecule has 1 aliphatic heterocycles. The fourth-order valence-electron chi connectivity index (χ4n) is 2.26. The van der Waals surface area contributed by atoms with Gasteiger partial charge in [-0.2, -0.15) is 0 Å². The van der Waals surface area contributed by atoms with E-state index in [0.29, 0.717) is 0 Å². The molecular weight excluding hydrogens is 158 g/mol. The highest BCUT2D eigenvalue weighted by molar-refractivity contribution is 5.56. The molecule has 1 heteroatoms. The lowest BCUT2D eigenvalue weighted by Crippen LogP contribution is -2.05. The molecule has 1 heterocycles. The Labute approximate surface area is 80.4 Å². The first-order valence-corrected chi connectivity index (χ1v) is 5.05. The first-order valence-electron chi connectivity index (χ1n) is 5.05. The SMILES string of the molecule is CC(C)[C@H]1[C@@H](C)N1c1ccccc1. The summed E-state index contributed by atoms with van der Waals surface area (Å²) >= 11 is 0. The van der Waals surface area contributed by atoms with Crippen LogP contribution in [0.1, 0.15) is 20.8 Å². The van der Waals surface area contributed by atoms with Crippen LogP contribution in [0, 0.1) is 5.92 Å². The number of hydrogen-bond acceptors (Lipinski definition) is 1. The van der Waals surface area contributed by atoms with Crippen molar-refractivity contribution in [3.05, 3.63) is 30.3 Å². The molecule has 0 saturated carbocycles. The summed E-state index contributed by atoms with van der Waals surface area (Å²) in [5, 5.41) is 0. The van der Waals surface area contributed by atoms with E-state index in [-0.39, 0.29) is 0 Å². The molecule has 70 valence electrons. The first kappa shape index (κ1) is 8.61. The monoisotopic (exact) mass is 175 g/mol. The molecule has 1 aromatic rings. The molecular formula is C12H17N. The number of rotatable bonds is 2. The summed E-state index contributed by atoms with van der Waals surface area (Å²) in [5.74, 6) is 0.759. The van der Waals surface area contributed by atoms with Crippen molar-refractivity contribution in [2.75, 3.05) is 4.90 Å². The van der Waals surface area contributed by atoms with E-state index in [1.807, 2.05) is 0 Å². The van der Waals surface area contributed by atoms with Crippen LogP contribution in [0.15, 0.2) is 30.3 Å². The predicted octanol–water partition coefficient (Wildman–Crippen LogP) is 2.92. The fraction of sp³-hybridized carbons (Fsp3) is 0.500. The van der Waals surface area contributed by atoms with E-state index in [1.165, 1.54) is 5.69 Å². The molecule has 1 fully saturated rings. The van der Waals surface area contributed by atoms with E-state index in [4.69, 9.17) is 0 Å². The van der Waals surface area contributed by atoms with Crippen molar-refractivity contribution in [2.45, 2.75) is 32.9 Å². The van der Waals surface area contributed by atoms with Crippen LogP contribution >= 0.6 is 0 Å². The molecule has 2 rings (SSSR count). The molecule has 1 aliphatic rings. The highest BCUT2D eigenvalue weighted by atomic mass is 15.4. The van der Waals surface area contributed by atoms with Crippen LogP contribution in [-0.4, -0.2) is 12.1 Å². The third-order valence-corrected chi connectivity index (χ3v) is 2.90. The second kappa shape index (κ2) is 3.06. The Morgan fingerprint density at radius 2 is 1.77 bits per heavy atom. The second-order valence-corrected chi connectivity index (χ2v) is 4.22. The topological polar surface area (TPSA) is 3.01 Å². The molecule has 0 aliphatic carbocycles. The summed E-state index contributed by atoms with van der Waals surface area (Å²) in [7, 11) is 0. The Kier molecular flexibility index (Phi) is 2.03. The standard InChI is InChI=1S/C12H17N/c1-9(2)12-10(3)13(12)11-7-5-4-6-8-11/h4-10,12H,1-3H3/t10-,12+,13?/m1/s1. The van der Waals surface area contributed by atoms with E-state index >= 15 is 0 Å². The van der Waals surface area contributed by atoms with E-state index in [1.54, 1.807) is 0 Å². The molecule has 1 aromatic carbocycles. The second-order valence-electron chi connectivity index (χ2n) is 4.22. The van der Waals surface area contributed by atoms with Crippen molar-refractivity contribution < 1.29 is 0 Å². The van der Waals surface area contributed by atoms with E-state index in [0.717, 1.165) is 18.0 Å². The zero-order valence-electron chi connectivity index (χ0n) is 8.57. The van der Waals surface area contributed by atoms with Gasteiger partial charge in [0.15, 0.2) is 0 Å². The molecule has 1 saturated heterocycles. The molecule has 0 unspecified atom stereocenters. The Balaban J connectivity index is 2.14. The fourth-order valence-corrected chi connectivity index (χ4v) is 2.26. The number of anilines is 1. The maximum absolute atomic E-state index is 2.49. The summed E-state index contributed by atoms with van der Waals surface area (Å²) in [6.45, 7) is 6.89. The zero-order chi connectivity index (χ0) is 9.42. The van der Waals surface area contributed by atoms with Gasteiger partial charge in [0.1, 0.15) is 0 Å². The summed E-state index contributed by atoms with van der Waals surface area (Å²) in [6.07, 6.45) is 0. The zero-order valence-corrected chi connectivity index (χ0v) is 8.57. The Bertz CT molecular complexity index is 278. The van der Waals surface area contributed by atoms with Gasteiger partial charge in [0.25, 0.3) is 0 Å². The van der Waals surface area contributed by atoms with Crippen LogP contribution < -0.4 is 4.90 Å². The quantitative estimate of drug-likeness (QED) is 0.624. The maximum Gasteiger partial charge on any atom is 0.0517 e. The van der Waals surface area contributed by atoms with Crippen LogP contribution in [0.4, 0.5) is 5.69 Å². The van der Waals surface area contributed by atoms with Gasteiger partial charge in [0.2, 0.25) is 0 Å². The van der Waals surface area contributed by atoms with E-state index in [2.05, 4.69) is 56.0 Å². The molecule has 13 heavy (non-hydrogen) atoms. The van der Waals surface area contributed by atoms with Crippen LogP contribution in [0.5, 0.6) is 0 Å². The first-order chi connectivity index (χ1) is 6.22. The number of hydrogen-bond donors (Lipinski definition) is 0. The van der Waals surface area contributed by atoms with Gasteiger partial charge in [-0.3, -0.25) is 0 Å². The number of nitrogens with zero attached hydrogens (tertiary/aromatic N) is 1. The van der Waals surface area contributed by atoms with Gasteiger partial charge in [-0.1, -0.05) is 32.0 Å². The summed E-state index contributed by atoms with van der Waals surface area (Å²) in [5.41, 5.74) is 1.37. The highest BCUT2D eigenvalue weighted by Crippen LogP contribution is 2.38. The Hall–Kier alpha value is -0.980. The maximum atomic E-state index is 2.49. The average molecular weight is 175 g/mol. The van der Waals surface area contributed by atoms with Crippen LogP contribution in [0.25, 0.3) is 0 Å². The molecule has 0 radical (unpaired) electrons. The molecule has 1 nitrogen and oxygen atoms in total. The van der Waals surface area contributed by atoms with Gasteiger partial charge in [-0.05, 0) is 25.0 Å². The van der Waals surface area contributed by atoms with Gasteiger partial charge in [-0.15, -0.1) is 0 Å². The van der Waals surface area contributed by atoms with Gasteiger partial charge < -0.3 is 4.90 Å². The van der Waals surface area contributed by atoms with E-state index in [9.17, 15) is 0 Å². The third-order valence-electron chi connectivity index (χ3n) is 2.90. The normalized spacial score (nSPS) is 26.6. The van der Waals surface area contributed by atoms with Crippen molar-refractivity contribution in [3.63, 3.8) is 0 Å². The summed E-state index contributed by atoms with van der Waals surface area (Å²) in [6, 6.07) is 12.2. The minimum absolute atomic E-state index is 0.724. The van der Waals surface area contributed by atoms with Gasteiger partial charge in [0.05, 0.1) is 6.04 Å². The number of para-hydroxylation sites is 1. The van der Waals surface area contributed by atoms with E-state index < -0.39 is 0 Å². The highest BCUT2D eigenvalue weighted by Gasteiger charge is 2.45. The average Bonchev–Trinajstić information content (AvgIpc) is 2.79. The molecule has 2 atom stereocenters. The minimum atomic E-state index is 0.724. The summed E-state index contributed by atoms with van der Waals surface area (Å²) < 4.78 is 0. The molecule has 0 amide bonds. The van der Waals surface area contributed by atoms with Crippen molar-refractivity contribution in [1.82, 2.24) is 0 Å². The smallest absolute Gasteiger partial charge is 0.0517 e. The van der Waals surface area contributed by atoms with Crippen molar-refractivity contribution in [1.29, 1.82) is 0 Å². The van der Waals surface area contributed by atoms with Gasteiger partial charge >= 0.3 is 0 Å². The van der Waals surface area contributed by atoms with Gasteiger partial charge in [0, 0.05) is 11.7 Å². The molecule has 0 aromatic heterocycles. The largest absolute Gasteiger partial charge is 0.361 e. The lowest BCUT2D eigenvalue weighted by molar-refractivity contribution is 0.630. The van der Waals surface area contributed by atoms with Crippen molar-refractivity contribution in [2.24, 2.45) is 5.92 Å². The van der Waals surface area contributed by atoms with Crippen molar-refractivity contribution in [3.8, 4) is 0 Å². The van der Waals surface area contributed by atoms with Crippen LogP contribution in [-0.2, 0) is 0 Å². The Morgan fingerprint density at radius 1 is 1.15 bits per heavy atom. The van der Waals surface area contributed by atoms with Gasteiger partial charge in [-0.25, -0.2) is 0 Å². The van der Waals surface area contributed by atoms with Crippen LogP contribution in [0.3, 0.4) is 0 Å². The molecule has 0 bridgehead atoms. The lowest BCUT2D eigenvalue weighted by Gasteiger charge is -2.06. The minimum Gasteiger partial charge on any atom is -0.361 e.